The van der Waals surface area contributed by atoms with Crippen LogP contribution in [0.4, 0.5) is 5.69 Å². The second-order valence-electron chi connectivity index (χ2n) is 7.03. The predicted molar refractivity (Wildman–Crippen MR) is 114 cm³/mol. The highest BCUT2D eigenvalue weighted by atomic mass is 35.5. The first-order valence-electron chi connectivity index (χ1n) is 9.51. The van der Waals surface area contributed by atoms with Crippen molar-refractivity contribution in [2.24, 2.45) is 0 Å². The second kappa shape index (κ2) is 8.17. The van der Waals surface area contributed by atoms with Crippen LogP contribution < -0.4 is 4.90 Å². The summed E-state index contributed by atoms with van der Waals surface area (Å²) in [6.07, 6.45) is 1.70. The highest BCUT2D eigenvalue weighted by Gasteiger charge is 2.23. The molecule has 0 unspecified atom stereocenters. The van der Waals surface area contributed by atoms with E-state index in [9.17, 15) is 9.59 Å². The largest absolute Gasteiger partial charge is 0.465 e. The van der Waals surface area contributed by atoms with Crippen LogP contribution in [0, 0.1) is 0 Å². The number of esters is 1. The van der Waals surface area contributed by atoms with E-state index < -0.39 is 5.97 Å². The quantitative estimate of drug-likeness (QED) is 0.617. The van der Waals surface area contributed by atoms with Gasteiger partial charge in [0.15, 0.2) is 0 Å². The van der Waals surface area contributed by atoms with Crippen molar-refractivity contribution < 1.29 is 14.3 Å². The minimum absolute atomic E-state index is 0.0351. The molecule has 0 aliphatic carbocycles. The smallest absolute Gasteiger partial charge is 0.340 e. The first kappa shape index (κ1) is 19.3. The lowest BCUT2D eigenvalue weighted by Crippen LogP contribution is -2.49. The molecule has 2 heterocycles. The molecule has 3 aromatic rings. The molecule has 1 amide bonds. The predicted octanol–water partition coefficient (Wildman–Crippen LogP) is 3.43. The number of carbonyl (C=O) groups excluding carboxylic acids is 2. The molecule has 0 radical (unpaired) electrons. The van der Waals surface area contributed by atoms with E-state index in [4.69, 9.17) is 16.3 Å². The molecule has 1 aliphatic rings. The Bertz CT molecular complexity index is 1050. The van der Waals surface area contributed by atoms with Crippen LogP contribution in [0.25, 0.3) is 10.9 Å². The van der Waals surface area contributed by atoms with Crippen molar-refractivity contribution in [2.45, 2.75) is 6.54 Å². The summed E-state index contributed by atoms with van der Waals surface area (Å²) in [6, 6.07) is 15.3. The third-order valence-corrected chi connectivity index (χ3v) is 5.54. The van der Waals surface area contributed by atoms with E-state index in [1.807, 2.05) is 58.0 Å². The van der Waals surface area contributed by atoms with Gasteiger partial charge in [-0.15, -0.1) is 0 Å². The SMILES string of the molecule is COC(=O)c1cn(CC(=O)N2CCN(c3cccc(Cl)c3)CC2)c2ccccc12. The maximum absolute atomic E-state index is 12.9. The van der Waals surface area contributed by atoms with Gasteiger partial charge >= 0.3 is 5.97 Å². The van der Waals surface area contributed by atoms with E-state index >= 15 is 0 Å². The van der Waals surface area contributed by atoms with Gasteiger partial charge in [-0.05, 0) is 24.3 Å². The van der Waals surface area contributed by atoms with Crippen LogP contribution in [0.1, 0.15) is 10.4 Å². The number of methoxy groups -OCH3 is 1. The Morgan fingerprint density at radius 2 is 1.79 bits per heavy atom. The zero-order chi connectivity index (χ0) is 20.4. The Balaban J connectivity index is 1.46. The number of aromatic nitrogens is 1. The Morgan fingerprint density at radius 1 is 1.03 bits per heavy atom. The van der Waals surface area contributed by atoms with Gasteiger partial charge in [-0.25, -0.2) is 4.79 Å². The summed E-state index contributed by atoms with van der Waals surface area (Å²) in [6.45, 7) is 3.00. The third-order valence-electron chi connectivity index (χ3n) is 5.31. The molecule has 1 saturated heterocycles. The van der Waals surface area contributed by atoms with E-state index in [0.717, 1.165) is 29.7 Å². The molecule has 0 bridgehead atoms. The molecule has 1 aromatic heterocycles. The summed E-state index contributed by atoms with van der Waals surface area (Å²) in [4.78, 5) is 29.1. The number of rotatable bonds is 4. The van der Waals surface area contributed by atoms with Crippen molar-refractivity contribution in [3.05, 3.63) is 65.3 Å². The summed E-state index contributed by atoms with van der Waals surface area (Å²) in [5, 5.41) is 1.50. The topological polar surface area (TPSA) is 54.8 Å². The first-order valence-corrected chi connectivity index (χ1v) is 9.89. The van der Waals surface area contributed by atoms with Gasteiger partial charge in [0.1, 0.15) is 6.54 Å². The number of para-hydroxylation sites is 1. The van der Waals surface area contributed by atoms with Crippen LogP contribution in [-0.4, -0.2) is 54.6 Å². The first-order chi connectivity index (χ1) is 14.1. The lowest BCUT2D eigenvalue weighted by Gasteiger charge is -2.36. The fraction of sp³-hybridized carbons (Fsp3) is 0.273. The number of anilines is 1. The maximum Gasteiger partial charge on any atom is 0.340 e. The number of ether oxygens (including phenoxy) is 1. The minimum atomic E-state index is -0.400. The fourth-order valence-electron chi connectivity index (χ4n) is 3.78. The molecule has 1 fully saturated rings. The van der Waals surface area contributed by atoms with E-state index in [1.165, 1.54) is 7.11 Å². The number of fused-ring (bicyclic) bond motifs is 1. The molecule has 4 rings (SSSR count). The van der Waals surface area contributed by atoms with Gasteiger partial charge in [0.05, 0.1) is 12.7 Å². The van der Waals surface area contributed by atoms with Gasteiger partial charge < -0.3 is 19.1 Å². The molecule has 29 heavy (non-hydrogen) atoms. The number of benzene rings is 2. The normalized spacial score (nSPS) is 14.3. The fourth-order valence-corrected chi connectivity index (χ4v) is 3.97. The summed E-state index contributed by atoms with van der Waals surface area (Å²) >= 11 is 6.09. The van der Waals surface area contributed by atoms with E-state index in [0.29, 0.717) is 23.7 Å². The monoisotopic (exact) mass is 411 g/mol. The van der Waals surface area contributed by atoms with Crippen molar-refractivity contribution in [3.63, 3.8) is 0 Å². The standard InChI is InChI=1S/C22H22ClN3O3/c1-29-22(28)19-14-26(20-8-3-2-7-18(19)20)15-21(27)25-11-9-24(10-12-25)17-6-4-5-16(23)13-17/h2-8,13-14H,9-12,15H2,1H3. The summed E-state index contributed by atoms with van der Waals surface area (Å²) in [5.41, 5.74) is 2.39. The molecule has 2 aromatic carbocycles. The van der Waals surface area contributed by atoms with Crippen molar-refractivity contribution in [2.75, 3.05) is 38.2 Å². The number of hydrogen-bond donors (Lipinski definition) is 0. The van der Waals surface area contributed by atoms with Gasteiger partial charge in [-0.2, -0.15) is 0 Å². The van der Waals surface area contributed by atoms with Crippen LogP contribution in [-0.2, 0) is 16.1 Å². The van der Waals surface area contributed by atoms with E-state index in [2.05, 4.69) is 4.90 Å². The van der Waals surface area contributed by atoms with Crippen LogP contribution >= 0.6 is 11.6 Å². The van der Waals surface area contributed by atoms with Gasteiger partial charge in [-0.3, -0.25) is 4.79 Å². The molecule has 0 spiro atoms. The highest BCUT2D eigenvalue weighted by molar-refractivity contribution is 6.30. The third kappa shape index (κ3) is 3.93. The Hall–Kier alpha value is -2.99. The summed E-state index contributed by atoms with van der Waals surface area (Å²) in [5.74, 6) is -0.365. The second-order valence-corrected chi connectivity index (χ2v) is 7.46. The zero-order valence-corrected chi connectivity index (χ0v) is 16.9. The number of hydrogen-bond acceptors (Lipinski definition) is 4. The van der Waals surface area contributed by atoms with Crippen molar-refractivity contribution in [3.8, 4) is 0 Å². The molecule has 0 saturated carbocycles. The summed E-state index contributed by atoms with van der Waals surface area (Å²) < 4.78 is 6.71. The number of piperazine rings is 1. The molecule has 0 atom stereocenters. The average Bonchev–Trinajstić information content (AvgIpc) is 3.12. The Kier molecular flexibility index (Phi) is 5.45. The molecule has 0 N–H and O–H groups in total. The maximum atomic E-state index is 12.9. The van der Waals surface area contributed by atoms with E-state index in [1.54, 1.807) is 6.20 Å². The number of nitrogens with zero attached hydrogens (tertiary/aromatic N) is 3. The van der Waals surface area contributed by atoms with Crippen LogP contribution in [0.15, 0.2) is 54.7 Å². The number of amides is 1. The molecule has 7 heteroatoms. The van der Waals surface area contributed by atoms with Crippen LogP contribution in [0.3, 0.4) is 0 Å². The molecule has 6 nitrogen and oxygen atoms in total. The van der Waals surface area contributed by atoms with Gasteiger partial charge in [0, 0.05) is 54.0 Å². The van der Waals surface area contributed by atoms with Gasteiger partial charge in [0.25, 0.3) is 0 Å². The molecular formula is C22H22ClN3O3. The lowest BCUT2D eigenvalue weighted by molar-refractivity contribution is -0.132. The summed E-state index contributed by atoms with van der Waals surface area (Å²) in [7, 11) is 1.36. The Morgan fingerprint density at radius 3 is 2.52 bits per heavy atom. The Labute approximate surface area is 174 Å². The van der Waals surface area contributed by atoms with Crippen molar-refractivity contribution >= 4 is 40.1 Å². The average molecular weight is 412 g/mol. The van der Waals surface area contributed by atoms with E-state index in [-0.39, 0.29) is 12.5 Å². The highest BCUT2D eigenvalue weighted by Crippen LogP contribution is 2.23. The van der Waals surface area contributed by atoms with Crippen LogP contribution in [0.2, 0.25) is 5.02 Å². The van der Waals surface area contributed by atoms with Crippen molar-refractivity contribution in [1.82, 2.24) is 9.47 Å². The molecule has 1 aliphatic heterocycles. The zero-order valence-electron chi connectivity index (χ0n) is 16.2. The van der Waals surface area contributed by atoms with Gasteiger partial charge in [0.2, 0.25) is 5.91 Å². The molecular weight excluding hydrogens is 390 g/mol. The van der Waals surface area contributed by atoms with Crippen molar-refractivity contribution in [1.29, 1.82) is 0 Å². The number of halogens is 1. The lowest BCUT2D eigenvalue weighted by atomic mass is 10.2. The number of carbonyl (C=O) groups is 2. The minimum Gasteiger partial charge on any atom is -0.465 e. The van der Waals surface area contributed by atoms with Crippen LogP contribution in [0.5, 0.6) is 0 Å². The van der Waals surface area contributed by atoms with Gasteiger partial charge in [-0.1, -0.05) is 35.9 Å². The molecule has 150 valence electrons.